The van der Waals surface area contributed by atoms with Crippen LogP contribution in [0.15, 0.2) is 23.1 Å². The largest absolute Gasteiger partial charge is 0.332 e. The van der Waals surface area contributed by atoms with Crippen LogP contribution in [-0.4, -0.2) is 0 Å². The number of nitrogens with zero attached hydrogens (tertiary/aromatic N) is 1. The summed E-state index contributed by atoms with van der Waals surface area (Å²) in [5, 5.41) is 8.37. The minimum absolute atomic E-state index is 0.160. The molecule has 9 heteroatoms. The summed E-state index contributed by atoms with van der Waals surface area (Å²) in [5.74, 6) is 0. The Bertz CT molecular complexity index is 475. The molecule has 0 spiro atoms. The smallest absolute Gasteiger partial charge is 0.311 e. The molecule has 0 atom stereocenters. The molecule has 1 aromatic rings. The predicted molar refractivity (Wildman–Crippen MR) is 55.2 cm³/mol. The van der Waals surface area contributed by atoms with Crippen LogP contribution < -0.4 is 4.72 Å². The van der Waals surface area contributed by atoms with Gasteiger partial charge in [-0.25, -0.2) is 0 Å². The molecule has 0 aliphatic carbocycles. The van der Waals surface area contributed by atoms with E-state index in [9.17, 15) is 19.4 Å². The van der Waals surface area contributed by atoms with E-state index >= 15 is 0 Å². The number of hydrogen-bond donors (Lipinski definition) is 2. The average molecular weight is 276 g/mol. The van der Waals surface area contributed by atoms with Gasteiger partial charge in [-0.05, 0) is 18.2 Å². The van der Waals surface area contributed by atoms with Crippen molar-refractivity contribution < 1.29 is 19.4 Å². The molecule has 0 amide bonds. The SMILES string of the molecule is N#Cc1ccc(NS)cc1S(F)(F)(F)(F)F. The molecule has 0 saturated carbocycles. The van der Waals surface area contributed by atoms with Crippen molar-refractivity contribution in [2.24, 2.45) is 0 Å². The van der Waals surface area contributed by atoms with Crippen LogP contribution in [0.3, 0.4) is 0 Å². The topological polar surface area (TPSA) is 35.8 Å². The Morgan fingerprint density at radius 1 is 1.19 bits per heavy atom. The zero-order valence-corrected chi connectivity index (χ0v) is 9.14. The van der Waals surface area contributed by atoms with E-state index in [1.54, 1.807) is 0 Å². The Morgan fingerprint density at radius 3 is 2.12 bits per heavy atom. The Labute approximate surface area is 93.3 Å². The Morgan fingerprint density at radius 2 is 1.75 bits per heavy atom. The lowest BCUT2D eigenvalue weighted by molar-refractivity contribution is 0.363. The van der Waals surface area contributed by atoms with Gasteiger partial charge in [-0.2, -0.15) is 5.26 Å². The van der Waals surface area contributed by atoms with E-state index in [-0.39, 0.29) is 11.8 Å². The molecule has 0 aromatic heterocycles. The fraction of sp³-hybridized carbons (Fsp3) is 0. The van der Waals surface area contributed by atoms with Crippen LogP contribution in [0.1, 0.15) is 5.56 Å². The maximum absolute atomic E-state index is 12.5. The van der Waals surface area contributed by atoms with Gasteiger partial charge in [-0.1, -0.05) is 32.2 Å². The molecule has 0 unspecified atom stereocenters. The summed E-state index contributed by atoms with van der Waals surface area (Å²) in [7, 11) is -9.85. The van der Waals surface area contributed by atoms with Crippen LogP contribution in [-0.2, 0) is 0 Å². The molecule has 16 heavy (non-hydrogen) atoms. The van der Waals surface area contributed by atoms with E-state index in [2.05, 4.69) is 12.8 Å². The van der Waals surface area contributed by atoms with Gasteiger partial charge in [0.2, 0.25) is 0 Å². The normalized spacial score (nSPS) is 15.8. The summed E-state index contributed by atoms with van der Waals surface area (Å²) in [6.07, 6.45) is 0. The van der Waals surface area contributed by atoms with Gasteiger partial charge in [0.1, 0.15) is 11.0 Å². The molecule has 1 N–H and O–H groups in total. The highest BCUT2D eigenvalue weighted by molar-refractivity contribution is 8.45. The molecule has 0 fully saturated rings. The van der Waals surface area contributed by atoms with Crippen LogP contribution in [0.25, 0.3) is 0 Å². The van der Waals surface area contributed by atoms with Crippen molar-refractivity contribution in [2.75, 3.05) is 4.72 Å². The van der Waals surface area contributed by atoms with E-state index in [0.29, 0.717) is 6.07 Å². The van der Waals surface area contributed by atoms with E-state index in [4.69, 9.17) is 5.26 Å². The molecule has 1 aromatic carbocycles. The van der Waals surface area contributed by atoms with Gasteiger partial charge in [0.05, 0.1) is 5.56 Å². The summed E-state index contributed by atoms with van der Waals surface area (Å²) < 4.78 is 64.5. The van der Waals surface area contributed by atoms with Gasteiger partial charge in [0.25, 0.3) is 0 Å². The Hall–Kier alpha value is -1.14. The fourth-order valence-corrected chi connectivity index (χ4v) is 2.02. The first-order chi connectivity index (χ1) is 6.97. The third-order valence-electron chi connectivity index (χ3n) is 1.65. The molecule has 0 saturated heterocycles. The van der Waals surface area contributed by atoms with Crippen molar-refractivity contribution in [1.29, 1.82) is 5.26 Å². The second-order valence-electron chi connectivity index (χ2n) is 2.90. The first-order valence-corrected chi connectivity index (χ1v) is 6.06. The lowest BCUT2D eigenvalue weighted by atomic mass is 10.2. The second-order valence-corrected chi connectivity index (χ2v) is 5.50. The molecule has 0 radical (unpaired) electrons. The molecular formula is C7H5F5N2S2. The summed E-state index contributed by atoms with van der Waals surface area (Å²) >= 11 is 3.44. The first-order valence-electron chi connectivity index (χ1n) is 3.66. The highest BCUT2D eigenvalue weighted by Gasteiger charge is 2.66. The Kier molecular flexibility index (Phi) is 2.39. The van der Waals surface area contributed by atoms with Crippen molar-refractivity contribution in [3.8, 4) is 6.07 Å². The summed E-state index contributed by atoms with van der Waals surface area (Å²) in [4.78, 5) is -2.21. The number of halogens is 5. The molecule has 0 aliphatic rings. The minimum Gasteiger partial charge on any atom is -0.332 e. The highest BCUT2D eigenvalue weighted by Crippen LogP contribution is 3.02. The van der Waals surface area contributed by atoms with Crippen molar-refractivity contribution in [1.82, 2.24) is 0 Å². The summed E-state index contributed by atoms with van der Waals surface area (Å²) in [6, 6.07) is 2.94. The number of anilines is 1. The van der Waals surface area contributed by atoms with Gasteiger partial charge < -0.3 is 4.72 Å². The number of rotatable bonds is 2. The quantitative estimate of drug-likeness (QED) is 0.617. The van der Waals surface area contributed by atoms with Crippen molar-refractivity contribution >= 4 is 28.7 Å². The molecule has 1 rings (SSSR count). The monoisotopic (exact) mass is 276 g/mol. The average Bonchev–Trinajstić information content (AvgIpc) is 2.13. The number of nitrogens with one attached hydrogen (secondary N) is 1. The molecular weight excluding hydrogens is 271 g/mol. The van der Waals surface area contributed by atoms with E-state index < -0.39 is 20.7 Å². The minimum atomic E-state index is -9.85. The third-order valence-corrected chi connectivity index (χ3v) is 3.07. The number of hydrogen-bond acceptors (Lipinski definition) is 3. The van der Waals surface area contributed by atoms with Crippen LogP contribution >= 0.6 is 23.0 Å². The summed E-state index contributed by atoms with van der Waals surface area (Å²) in [6.45, 7) is 0. The van der Waals surface area contributed by atoms with E-state index in [1.165, 1.54) is 0 Å². The van der Waals surface area contributed by atoms with Gasteiger partial charge in [-0.3, -0.25) is 0 Å². The highest BCUT2D eigenvalue weighted by atomic mass is 32.5. The molecule has 0 heterocycles. The van der Waals surface area contributed by atoms with Crippen molar-refractivity contribution in [3.05, 3.63) is 23.8 Å². The summed E-state index contributed by atoms with van der Waals surface area (Å²) in [5.41, 5.74) is -1.39. The molecule has 0 bridgehead atoms. The number of nitriles is 1. The van der Waals surface area contributed by atoms with Gasteiger partial charge in [-0.15, -0.1) is 0 Å². The maximum atomic E-state index is 12.5. The van der Waals surface area contributed by atoms with Gasteiger partial charge >= 0.3 is 10.2 Å². The van der Waals surface area contributed by atoms with Gasteiger partial charge in [0, 0.05) is 5.69 Å². The van der Waals surface area contributed by atoms with Crippen LogP contribution in [0.4, 0.5) is 25.1 Å². The van der Waals surface area contributed by atoms with Crippen molar-refractivity contribution in [3.63, 3.8) is 0 Å². The van der Waals surface area contributed by atoms with Crippen molar-refractivity contribution in [2.45, 2.75) is 4.90 Å². The van der Waals surface area contributed by atoms with Gasteiger partial charge in [0.15, 0.2) is 0 Å². The molecule has 90 valence electrons. The van der Waals surface area contributed by atoms with Crippen LogP contribution in [0.5, 0.6) is 0 Å². The second kappa shape index (κ2) is 2.95. The standard InChI is InChI=1S/C7H5F5N2S2/c8-16(9,10,11,12)7-3-6(14-15)2-1-5(7)4-13/h1-3,14-15H. The van der Waals surface area contributed by atoms with Crippen LogP contribution in [0.2, 0.25) is 0 Å². The molecule has 2 nitrogen and oxygen atoms in total. The van der Waals surface area contributed by atoms with E-state index in [1.807, 2.05) is 4.72 Å². The zero-order valence-electron chi connectivity index (χ0n) is 7.42. The Balaban J connectivity index is 3.63. The number of benzene rings is 1. The maximum Gasteiger partial charge on any atom is 0.311 e. The zero-order chi connectivity index (χ0) is 12.7. The third kappa shape index (κ3) is 2.70. The van der Waals surface area contributed by atoms with Crippen LogP contribution in [0, 0.1) is 11.3 Å². The lowest BCUT2D eigenvalue weighted by Crippen LogP contribution is -2.08. The lowest BCUT2D eigenvalue weighted by Gasteiger charge is -2.41. The fourth-order valence-electron chi connectivity index (χ4n) is 1.00. The van der Waals surface area contributed by atoms with E-state index in [0.717, 1.165) is 12.1 Å². The molecule has 0 aliphatic heterocycles. The first kappa shape index (κ1) is 12.9. The number of thiol groups is 1. The predicted octanol–water partition coefficient (Wildman–Crippen LogP) is 4.47.